The zero-order valence-electron chi connectivity index (χ0n) is 13.5. The molecule has 0 bridgehead atoms. The van der Waals surface area contributed by atoms with Gasteiger partial charge in [-0.05, 0) is 29.0 Å². The molecule has 4 aromatic carbocycles. The van der Waals surface area contributed by atoms with Crippen molar-refractivity contribution in [2.45, 2.75) is 0 Å². The van der Waals surface area contributed by atoms with Gasteiger partial charge in [-0.3, -0.25) is 0 Å². The molecule has 0 aliphatic carbocycles. The van der Waals surface area contributed by atoms with Crippen LogP contribution < -0.4 is 0 Å². The molecule has 0 saturated carbocycles. The Labute approximate surface area is 152 Å². The van der Waals surface area contributed by atoms with E-state index in [-0.39, 0.29) is 0 Å². The molecular formula is C22H11ClN2O. The Morgan fingerprint density at radius 2 is 1.23 bits per heavy atom. The molecule has 3 nitrogen and oxygen atoms in total. The van der Waals surface area contributed by atoms with E-state index < -0.39 is 0 Å². The Morgan fingerprint density at radius 3 is 1.92 bits per heavy atom. The highest BCUT2D eigenvalue weighted by molar-refractivity contribution is 6.31. The van der Waals surface area contributed by atoms with Crippen LogP contribution in [0.4, 0.5) is 0 Å². The lowest BCUT2D eigenvalue weighted by molar-refractivity contribution is 0.655. The average Bonchev–Trinajstić information content (AvgIpc) is 3.04. The second-order valence-electron chi connectivity index (χ2n) is 6.41. The van der Waals surface area contributed by atoms with Crippen LogP contribution in [0, 0.1) is 0 Å². The molecule has 6 aromatic rings. The molecule has 0 amide bonds. The minimum absolute atomic E-state index is 0.537. The monoisotopic (exact) mass is 354 g/mol. The van der Waals surface area contributed by atoms with E-state index in [4.69, 9.17) is 26.0 Å². The predicted molar refractivity (Wildman–Crippen MR) is 107 cm³/mol. The van der Waals surface area contributed by atoms with Crippen LogP contribution in [0.25, 0.3) is 54.8 Å². The maximum atomic E-state index is 6.18. The standard InChI is InChI=1S/C22H11ClN2O/c23-12-9-10-18-17(11-12)21-22(26-18)25-20-16-8-4-2-6-14(16)13-5-1-3-7-15(13)19(20)24-21/h1-11H. The first kappa shape index (κ1) is 14.0. The Morgan fingerprint density at radius 1 is 0.615 bits per heavy atom. The van der Waals surface area contributed by atoms with Crippen molar-refractivity contribution in [2.75, 3.05) is 0 Å². The highest BCUT2D eigenvalue weighted by Gasteiger charge is 2.16. The number of hydrogen-bond donors (Lipinski definition) is 0. The Hall–Kier alpha value is -3.17. The quantitative estimate of drug-likeness (QED) is 0.293. The van der Waals surface area contributed by atoms with Crippen molar-refractivity contribution in [3.05, 3.63) is 71.8 Å². The molecule has 0 atom stereocenters. The predicted octanol–water partition coefficient (Wildman–Crippen LogP) is 6.49. The summed E-state index contributed by atoms with van der Waals surface area (Å²) in [5.74, 6) is 0. The molecule has 0 aliphatic heterocycles. The van der Waals surface area contributed by atoms with Gasteiger partial charge in [0.25, 0.3) is 0 Å². The fraction of sp³-hybridized carbons (Fsp3) is 0. The van der Waals surface area contributed by atoms with Gasteiger partial charge in [-0.1, -0.05) is 60.1 Å². The molecule has 0 saturated heterocycles. The van der Waals surface area contributed by atoms with Crippen molar-refractivity contribution in [1.82, 2.24) is 9.97 Å². The average molecular weight is 355 g/mol. The van der Waals surface area contributed by atoms with Gasteiger partial charge in [-0.15, -0.1) is 0 Å². The van der Waals surface area contributed by atoms with Gasteiger partial charge in [-0.2, -0.15) is 0 Å². The largest absolute Gasteiger partial charge is 0.436 e. The van der Waals surface area contributed by atoms with Crippen molar-refractivity contribution in [2.24, 2.45) is 0 Å². The summed E-state index contributed by atoms with van der Waals surface area (Å²) in [5, 5.41) is 6.06. The summed E-state index contributed by atoms with van der Waals surface area (Å²) in [6.45, 7) is 0. The van der Waals surface area contributed by atoms with Crippen molar-refractivity contribution in [3.63, 3.8) is 0 Å². The third-order valence-corrected chi connectivity index (χ3v) is 5.16. The Bertz CT molecular complexity index is 1500. The topological polar surface area (TPSA) is 38.9 Å². The minimum atomic E-state index is 0.537. The van der Waals surface area contributed by atoms with E-state index in [1.165, 1.54) is 10.8 Å². The number of aromatic nitrogens is 2. The third-order valence-electron chi connectivity index (χ3n) is 4.92. The van der Waals surface area contributed by atoms with E-state index >= 15 is 0 Å². The zero-order chi connectivity index (χ0) is 17.3. The van der Waals surface area contributed by atoms with Gasteiger partial charge in [0.2, 0.25) is 5.71 Å². The van der Waals surface area contributed by atoms with Gasteiger partial charge in [0, 0.05) is 15.8 Å². The van der Waals surface area contributed by atoms with Gasteiger partial charge in [0.1, 0.15) is 16.6 Å². The van der Waals surface area contributed by atoms with Gasteiger partial charge in [-0.25, -0.2) is 9.97 Å². The van der Waals surface area contributed by atoms with Crippen molar-refractivity contribution < 1.29 is 4.42 Å². The normalized spacial score (nSPS) is 12.0. The fourth-order valence-corrected chi connectivity index (χ4v) is 3.94. The first-order chi connectivity index (χ1) is 12.8. The summed E-state index contributed by atoms with van der Waals surface area (Å²) >= 11 is 6.18. The molecule has 0 spiro atoms. The summed E-state index contributed by atoms with van der Waals surface area (Å²) in [6.07, 6.45) is 0. The molecule has 0 N–H and O–H groups in total. The van der Waals surface area contributed by atoms with Crippen molar-refractivity contribution in [1.29, 1.82) is 0 Å². The molecule has 0 unspecified atom stereocenters. The lowest BCUT2D eigenvalue weighted by Crippen LogP contribution is -1.89. The number of fused-ring (bicyclic) bond motifs is 9. The second kappa shape index (κ2) is 4.93. The molecule has 26 heavy (non-hydrogen) atoms. The lowest BCUT2D eigenvalue weighted by Gasteiger charge is -2.08. The van der Waals surface area contributed by atoms with Crippen LogP contribution in [-0.2, 0) is 0 Å². The number of benzene rings is 4. The van der Waals surface area contributed by atoms with E-state index in [0.717, 1.165) is 38.3 Å². The maximum Gasteiger partial charge on any atom is 0.246 e. The molecule has 122 valence electrons. The van der Waals surface area contributed by atoms with Crippen LogP contribution in [-0.4, -0.2) is 9.97 Å². The third kappa shape index (κ3) is 1.78. The molecule has 2 heterocycles. The number of nitrogens with zero attached hydrogens (tertiary/aromatic N) is 2. The molecular weight excluding hydrogens is 344 g/mol. The van der Waals surface area contributed by atoms with Gasteiger partial charge in [0.05, 0.1) is 10.9 Å². The molecule has 6 rings (SSSR count). The highest BCUT2D eigenvalue weighted by atomic mass is 35.5. The molecule has 0 radical (unpaired) electrons. The molecule has 2 aromatic heterocycles. The maximum absolute atomic E-state index is 6.18. The first-order valence-corrected chi connectivity index (χ1v) is 8.76. The van der Waals surface area contributed by atoms with E-state index in [0.29, 0.717) is 10.7 Å². The van der Waals surface area contributed by atoms with Gasteiger partial charge < -0.3 is 4.42 Å². The molecule has 0 fully saturated rings. The summed E-state index contributed by atoms with van der Waals surface area (Å²) in [5.41, 5.74) is 3.77. The number of hydrogen-bond acceptors (Lipinski definition) is 3. The number of halogens is 1. The summed E-state index contributed by atoms with van der Waals surface area (Å²) in [4.78, 5) is 9.82. The first-order valence-electron chi connectivity index (χ1n) is 8.38. The Kier molecular flexibility index (Phi) is 2.66. The minimum Gasteiger partial charge on any atom is -0.436 e. The van der Waals surface area contributed by atoms with Crippen LogP contribution in [0.5, 0.6) is 0 Å². The highest BCUT2D eigenvalue weighted by Crippen LogP contribution is 2.36. The van der Waals surface area contributed by atoms with Gasteiger partial charge in [0.15, 0.2) is 0 Å². The fourth-order valence-electron chi connectivity index (χ4n) is 3.77. The summed E-state index contributed by atoms with van der Waals surface area (Å²) in [7, 11) is 0. The Balaban J connectivity index is 1.94. The van der Waals surface area contributed by atoms with Crippen LogP contribution in [0.1, 0.15) is 0 Å². The second-order valence-corrected chi connectivity index (χ2v) is 6.84. The smallest absolute Gasteiger partial charge is 0.246 e. The van der Waals surface area contributed by atoms with E-state index in [1.54, 1.807) is 0 Å². The van der Waals surface area contributed by atoms with Crippen LogP contribution in [0.2, 0.25) is 5.02 Å². The lowest BCUT2D eigenvalue weighted by atomic mass is 9.99. The van der Waals surface area contributed by atoms with E-state index in [2.05, 4.69) is 36.4 Å². The van der Waals surface area contributed by atoms with Gasteiger partial charge >= 0.3 is 0 Å². The van der Waals surface area contributed by atoms with Crippen LogP contribution in [0.15, 0.2) is 71.1 Å². The van der Waals surface area contributed by atoms with Crippen molar-refractivity contribution >= 4 is 66.4 Å². The van der Waals surface area contributed by atoms with Crippen molar-refractivity contribution in [3.8, 4) is 0 Å². The SMILES string of the molecule is Clc1ccc2oc3nc4c5ccccc5c5ccccc5c4nc3c2c1. The zero-order valence-corrected chi connectivity index (χ0v) is 14.3. The van der Waals surface area contributed by atoms with E-state index in [1.807, 2.05) is 30.3 Å². The number of rotatable bonds is 0. The number of furan rings is 1. The van der Waals surface area contributed by atoms with E-state index in [9.17, 15) is 0 Å². The van der Waals surface area contributed by atoms with Crippen LogP contribution in [0.3, 0.4) is 0 Å². The summed E-state index contributed by atoms with van der Waals surface area (Å²) in [6, 6.07) is 22.2. The molecule has 4 heteroatoms. The van der Waals surface area contributed by atoms with Crippen LogP contribution >= 0.6 is 11.6 Å². The molecule has 0 aliphatic rings. The summed E-state index contributed by atoms with van der Waals surface area (Å²) < 4.78 is 5.94.